The van der Waals surface area contributed by atoms with Gasteiger partial charge in [-0.15, -0.1) is 0 Å². The topological polar surface area (TPSA) is 29.9 Å². The fraction of sp³-hybridized carbons (Fsp3) is 0.588. The summed E-state index contributed by atoms with van der Waals surface area (Å²) in [7, 11) is 0. The van der Waals surface area contributed by atoms with Crippen LogP contribution in [0.4, 0.5) is 0 Å². The number of para-hydroxylation sites is 1. The van der Waals surface area contributed by atoms with Crippen LogP contribution in [0, 0.1) is 5.92 Å². The van der Waals surface area contributed by atoms with Gasteiger partial charge < -0.3 is 5.32 Å². The molecular formula is C17H25N3. The van der Waals surface area contributed by atoms with Crippen molar-refractivity contribution in [1.29, 1.82) is 0 Å². The highest BCUT2D eigenvalue weighted by Crippen LogP contribution is 2.28. The van der Waals surface area contributed by atoms with Crippen LogP contribution >= 0.6 is 0 Å². The summed E-state index contributed by atoms with van der Waals surface area (Å²) in [5.74, 6) is 0.856. The summed E-state index contributed by atoms with van der Waals surface area (Å²) in [5.41, 5.74) is 2.44. The molecule has 3 nitrogen and oxygen atoms in total. The molecule has 1 N–H and O–H groups in total. The van der Waals surface area contributed by atoms with Gasteiger partial charge in [0.25, 0.3) is 0 Å². The van der Waals surface area contributed by atoms with Crippen LogP contribution in [0.5, 0.6) is 0 Å². The van der Waals surface area contributed by atoms with Crippen molar-refractivity contribution in [3.63, 3.8) is 0 Å². The molecule has 0 amide bonds. The van der Waals surface area contributed by atoms with E-state index in [2.05, 4.69) is 48.1 Å². The molecule has 1 aliphatic rings. The van der Waals surface area contributed by atoms with Crippen molar-refractivity contribution in [2.45, 2.75) is 58.7 Å². The molecule has 1 fully saturated rings. The maximum absolute atomic E-state index is 4.76. The molecular weight excluding hydrogens is 246 g/mol. The van der Waals surface area contributed by atoms with Gasteiger partial charge >= 0.3 is 0 Å². The van der Waals surface area contributed by atoms with E-state index in [1.165, 1.54) is 42.3 Å². The van der Waals surface area contributed by atoms with E-state index in [1.54, 1.807) is 0 Å². The number of nitrogens with one attached hydrogen (secondary N) is 1. The van der Waals surface area contributed by atoms with E-state index in [4.69, 9.17) is 5.10 Å². The molecule has 3 rings (SSSR count). The predicted molar refractivity (Wildman–Crippen MR) is 83.7 cm³/mol. The van der Waals surface area contributed by atoms with E-state index in [0.29, 0.717) is 6.04 Å². The second-order valence-electron chi connectivity index (χ2n) is 5.99. The zero-order valence-corrected chi connectivity index (χ0v) is 12.6. The molecule has 0 bridgehead atoms. The predicted octanol–water partition coefficient (Wildman–Crippen LogP) is 3.72. The van der Waals surface area contributed by atoms with Gasteiger partial charge in [-0.2, -0.15) is 5.10 Å². The van der Waals surface area contributed by atoms with E-state index < -0.39 is 0 Å². The number of aryl methyl sites for hydroxylation is 1. The SMILES string of the molecule is CCn1nc(CN[C@H](C)C2CCCC2)c2ccccc21. The summed E-state index contributed by atoms with van der Waals surface area (Å²) in [6.45, 7) is 6.29. The Morgan fingerprint density at radius 2 is 2.05 bits per heavy atom. The average Bonchev–Trinajstić information content (AvgIpc) is 3.13. The molecule has 1 aliphatic carbocycles. The van der Waals surface area contributed by atoms with Crippen LogP contribution in [-0.2, 0) is 13.1 Å². The standard InChI is InChI=1S/C17H25N3/c1-3-20-17-11-7-6-10-15(17)16(19-20)12-18-13(2)14-8-4-5-9-14/h6-7,10-11,13-14,18H,3-5,8-9,12H2,1-2H3/t13-/m1/s1. The van der Waals surface area contributed by atoms with Crippen LogP contribution in [0.3, 0.4) is 0 Å². The van der Waals surface area contributed by atoms with E-state index in [0.717, 1.165) is 19.0 Å². The molecule has 1 atom stereocenters. The molecule has 0 unspecified atom stereocenters. The Labute approximate surface area is 121 Å². The Bertz CT molecular complexity index is 567. The molecule has 0 aliphatic heterocycles. The maximum atomic E-state index is 4.76. The van der Waals surface area contributed by atoms with Crippen LogP contribution < -0.4 is 5.32 Å². The highest BCUT2D eigenvalue weighted by atomic mass is 15.3. The highest BCUT2D eigenvalue weighted by molar-refractivity contribution is 5.81. The van der Waals surface area contributed by atoms with Crippen LogP contribution in [0.2, 0.25) is 0 Å². The van der Waals surface area contributed by atoms with Gasteiger partial charge in [0.15, 0.2) is 0 Å². The van der Waals surface area contributed by atoms with E-state index in [9.17, 15) is 0 Å². The monoisotopic (exact) mass is 271 g/mol. The Balaban J connectivity index is 1.74. The molecule has 108 valence electrons. The fourth-order valence-corrected chi connectivity index (χ4v) is 3.45. The first-order valence-corrected chi connectivity index (χ1v) is 7.97. The lowest BCUT2D eigenvalue weighted by Crippen LogP contribution is -2.31. The number of nitrogens with zero attached hydrogens (tertiary/aromatic N) is 2. The number of hydrogen-bond donors (Lipinski definition) is 1. The van der Waals surface area contributed by atoms with Gasteiger partial charge in [-0.3, -0.25) is 4.68 Å². The summed E-state index contributed by atoms with van der Waals surface area (Å²) in [6, 6.07) is 9.15. The van der Waals surface area contributed by atoms with Crippen LogP contribution in [-0.4, -0.2) is 15.8 Å². The second kappa shape index (κ2) is 5.96. The van der Waals surface area contributed by atoms with Gasteiger partial charge in [0.05, 0.1) is 11.2 Å². The number of aromatic nitrogens is 2. The number of hydrogen-bond acceptors (Lipinski definition) is 2. The van der Waals surface area contributed by atoms with E-state index in [1.807, 2.05) is 0 Å². The summed E-state index contributed by atoms with van der Waals surface area (Å²) in [5, 5.41) is 9.75. The molecule has 0 spiro atoms. The molecule has 1 aromatic carbocycles. The molecule has 1 heterocycles. The third-order valence-electron chi connectivity index (χ3n) is 4.73. The van der Waals surface area contributed by atoms with Crippen LogP contribution in [0.25, 0.3) is 10.9 Å². The zero-order valence-electron chi connectivity index (χ0n) is 12.6. The van der Waals surface area contributed by atoms with Crippen molar-refractivity contribution in [2.24, 2.45) is 5.92 Å². The first-order valence-electron chi connectivity index (χ1n) is 7.97. The lowest BCUT2D eigenvalue weighted by atomic mass is 10.00. The molecule has 1 aromatic heterocycles. The van der Waals surface area contributed by atoms with Crippen molar-refractivity contribution >= 4 is 10.9 Å². The summed E-state index contributed by atoms with van der Waals surface area (Å²) >= 11 is 0. The average molecular weight is 271 g/mol. The van der Waals surface area contributed by atoms with E-state index in [-0.39, 0.29) is 0 Å². The summed E-state index contributed by atoms with van der Waals surface area (Å²) < 4.78 is 2.10. The minimum Gasteiger partial charge on any atom is -0.308 e. The Morgan fingerprint density at radius 3 is 2.80 bits per heavy atom. The minimum atomic E-state index is 0.600. The van der Waals surface area contributed by atoms with Crippen molar-refractivity contribution in [3.8, 4) is 0 Å². The summed E-state index contributed by atoms with van der Waals surface area (Å²) in [4.78, 5) is 0. The molecule has 0 radical (unpaired) electrons. The van der Waals surface area contributed by atoms with Gasteiger partial charge in [-0.1, -0.05) is 31.0 Å². The molecule has 1 saturated carbocycles. The van der Waals surface area contributed by atoms with Crippen LogP contribution in [0.15, 0.2) is 24.3 Å². The summed E-state index contributed by atoms with van der Waals surface area (Å²) in [6.07, 6.45) is 5.59. The van der Waals surface area contributed by atoms with Crippen molar-refractivity contribution in [2.75, 3.05) is 0 Å². The second-order valence-corrected chi connectivity index (χ2v) is 5.99. The Morgan fingerprint density at radius 1 is 1.30 bits per heavy atom. The van der Waals surface area contributed by atoms with Gasteiger partial charge in [0.2, 0.25) is 0 Å². The van der Waals surface area contributed by atoms with Gasteiger partial charge in [0, 0.05) is 24.5 Å². The number of fused-ring (bicyclic) bond motifs is 1. The zero-order chi connectivity index (χ0) is 13.9. The lowest BCUT2D eigenvalue weighted by molar-refractivity contribution is 0.378. The van der Waals surface area contributed by atoms with Gasteiger partial charge in [0.1, 0.15) is 0 Å². The fourth-order valence-electron chi connectivity index (χ4n) is 3.45. The minimum absolute atomic E-state index is 0.600. The maximum Gasteiger partial charge on any atom is 0.0841 e. The normalized spacial score (nSPS) is 17.9. The van der Waals surface area contributed by atoms with Gasteiger partial charge in [-0.05, 0) is 38.7 Å². The smallest absolute Gasteiger partial charge is 0.0841 e. The lowest BCUT2D eigenvalue weighted by Gasteiger charge is -2.19. The largest absolute Gasteiger partial charge is 0.308 e. The molecule has 0 saturated heterocycles. The number of rotatable bonds is 5. The first kappa shape index (κ1) is 13.6. The van der Waals surface area contributed by atoms with Crippen LogP contribution in [0.1, 0.15) is 45.2 Å². The Kier molecular flexibility index (Phi) is 4.06. The van der Waals surface area contributed by atoms with Crippen molar-refractivity contribution < 1.29 is 0 Å². The molecule has 3 heteroatoms. The quantitative estimate of drug-likeness (QED) is 0.898. The first-order chi connectivity index (χ1) is 9.79. The van der Waals surface area contributed by atoms with Crippen molar-refractivity contribution in [1.82, 2.24) is 15.1 Å². The van der Waals surface area contributed by atoms with E-state index >= 15 is 0 Å². The van der Waals surface area contributed by atoms with Crippen molar-refractivity contribution in [3.05, 3.63) is 30.0 Å². The molecule has 20 heavy (non-hydrogen) atoms. The number of benzene rings is 1. The highest BCUT2D eigenvalue weighted by Gasteiger charge is 2.21. The molecule has 2 aromatic rings. The third-order valence-corrected chi connectivity index (χ3v) is 4.73. The third kappa shape index (κ3) is 2.59. The van der Waals surface area contributed by atoms with Gasteiger partial charge in [-0.25, -0.2) is 0 Å². The Hall–Kier alpha value is -1.35.